The maximum atomic E-state index is 11.7. The van der Waals surface area contributed by atoms with E-state index in [1.54, 1.807) is 0 Å². The largest absolute Gasteiger partial charge is 0.481 e. The summed E-state index contributed by atoms with van der Waals surface area (Å²) in [4.78, 5) is 38.3. The lowest BCUT2D eigenvalue weighted by Crippen LogP contribution is -2.43. The molecule has 0 aliphatic rings. The second kappa shape index (κ2) is 7.58. The number of hydrogen-bond donors (Lipinski definition) is 4. The van der Waals surface area contributed by atoms with Crippen molar-refractivity contribution in [3.05, 3.63) is 10.6 Å². The monoisotopic (exact) mass is 315 g/mol. The van der Waals surface area contributed by atoms with E-state index >= 15 is 0 Å². The Hall–Kier alpha value is -2.16. The molecule has 0 aromatic carbocycles. The number of carboxylic acids is 2. The summed E-state index contributed by atoms with van der Waals surface area (Å²) in [5.74, 6) is -2.40. The van der Waals surface area contributed by atoms with E-state index in [0.29, 0.717) is 5.13 Å². The molecule has 1 rings (SSSR count). The number of carboxylic acid groups (broad SMARTS) is 2. The Kier molecular flexibility index (Phi) is 6.10. The van der Waals surface area contributed by atoms with E-state index in [0.717, 1.165) is 17.0 Å². The molecular formula is C12H17N3O5S. The third kappa shape index (κ3) is 5.38. The molecule has 0 aliphatic heterocycles. The fraction of sp³-hybridized carbons (Fsp3) is 0.500. The van der Waals surface area contributed by atoms with Crippen molar-refractivity contribution in [1.29, 1.82) is 0 Å². The average molecular weight is 315 g/mol. The third-order valence-electron chi connectivity index (χ3n) is 2.70. The zero-order valence-electron chi connectivity index (χ0n) is 11.7. The molecule has 1 aromatic heterocycles. The van der Waals surface area contributed by atoms with Crippen LogP contribution in [0.5, 0.6) is 0 Å². The van der Waals surface area contributed by atoms with Crippen LogP contribution in [0.25, 0.3) is 0 Å². The summed E-state index contributed by atoms with van der Waals surface area (Å²) in [6.45, 7) is 3.82. The molecule has 21 heavy (non-hydrogen) atoms. The summed E-state index contributed by atoms with van der Waals surface area (Å²) in [5.41, 5.74) is 0.871. The first-order valence-corrected chi connectivity index (χ1v) is 7.13. The molecule has 1 heterocycles. The molecular weight excluding hydrogens is 298 g/mol. The highest BCUT2D eigenvalue weighted by Gasteiger charge is 2.21. The molecule has 1 aromatic rings. The molecule has 0 aliphatic carbocycles. The van der Waals surface area contributed by atoms with E-state index < -0.39 is 24.0 Å². The number of urea groups is 1. The number of carbonyl (C=O) groups excluding carboxylic acids is 1. The Labute approximate surface area is 125 Å². The first-order valence-electron chi connectivity index (χ1n) is 6.31. The summed E-state index contributed by atoms with van der Waals surface area (Å²) in [5, 5.41) is 22.5. The lowest BCUT2D eigenvalue weighted by molar-refractivity contribution is -0.140. The molecule has 0 saturated carbocycles. The number of anilines is 1. The van der Waals surface area contributed by atoms with Gasteiger partial charge in [0, 0.05) is 11.3 Å². The minimum atomic E-state index is -1.28. The topological polar surface area (TPSA) is 129 Å². The number of aryl methyl sites for hydroxylation is 2. The SMILES string of the molecule is CCc1nc(NC(=O)N[C@@H](CCC(=O)O)C(=O)O)sc1C. The molecule has 1 atom stereocenters. The standard InChI is InChI=1S/C12H17N3O5S/c1-3-7-6(2)21-12(14-7)15-11(20)13-8(10(18)19)4-5-9(16)17/h8H,3-5H2,1-2H3,(H,16,17)(H,18,19)(H2,13,14,15,20)/t8-/m0/s1. The number of nitrogens with one attached hydrogen (secondary N) is 2. The Morgan fingerprint density at radius 3 is 2.48 bits per heavy atom. The maximum absolute atomic E-state index is 11.7. The number of nitrogens with zero attached hydrogens (tertiary/aromatic N) is 1. The van der Waals surface area contributed by atoms with Crippen molar-refractivity contribution in [2.75, 3.05) is 5.32 Å². The molecule has 116 valence electrons. The smallest absolute Gasteiger partial charge is 0.326 e. The molecule has 4 N–H and O–H groups in total. The molecule has 0 bridgehead atoms. The van der Waals surface area contributed by atoms with Crippen molar-refractivity contribution in [3.8, 4) is 0 Å². The van der Waals surface area contributed by atoms with Gasteiger partial charge in [0.2, 0.25) is 0 Å². The Morgan fingerprint density at radius 2 is 2.00 bits per heavy atom. The summed E-state index contributed by atoms with van der Waals surface area (Å²) in [6.07, 6.45) is 0.213. The second-order valence-electron chi connectivity index (χ2n) is 4.30. The van der Waals surface area contributed by atoms with Crippen molar-refractivity contribution in [2.24, 2.45) is 0 Å². The highest BCUT2D eigenvalue weighted by Crippen LogP contribution is 2.22. The molecule has 0 spiro atoms. The van der Waals surface area contributed by atoms with Crippen molar-refractivity contribution in [3.63, 3.8) is 0 Å². The molecule has 0 unspecified atom stereocenters. The zero-order chi connectivity index (χ0) is 16.0. The predicted octanol–water partition coefficient (Wildman–Crippen LogP) is 1.45. The number of aromatic nitrogens is 1. The van der Waals surface area contributed by atoms with Crippen LogP contribution in [0.3, 0.4) is 0 Å². The van der Waals surface area contributed by atoms with Gasteiger partial charge in [0.05, 0.1) is 5.69 Å². The van der Waals surface area contributed by atoms with Gasteiger partial charge in [-0.25, -0.2) is 14.6 Å². The fourth-order valence-electron chi connectivity index (χ4n) is 1.63. The zero-order valence-corrected chi connectivity index (χ0v) is 12.5. The quantitative estimate of drug-likeness (QED) is 0.603. The van der Waals surface area contributed by atoms with Gasteiger partial charge in [-0.3, -0.25) is 10.1 Å². The van der Waals surface area contributed by atoms with Crippen LogP contribution in [-0.4, -0.2) is 39.2 Å². The molecule has 8 nitrogen and oxygen atoms in total. The number of amides is 2. The molecule has 9 heteroatoms. The van der Waals surface area contributed by atoms with Gasteiger partial charge < -0.3 is 15.5 Å². The average Bonchev–Trinajstić information content (AvgIpc) is 2.73. The van der Waals surface area contributed by atoms with Gasteiger partial charge in [-0.2, -0.15) is 0 Å². The van der Waals surface area contributed by atoms with E-state index in [4.69, 9.17) is 10.2 Å². The predicted molar refractivity (Wildman–Crippen MR) is 76.7 cm³/mol. The summed E-state index contributed by atoms with van der Waals surface area (Å²) in [6, 6.07) is -1.98. The summed E-state index contributed by atoms with van der Waals surface area (Å²) >= 11 is 1.30. The highest BCUT2D eigenvalue weighted by molar-refractivity contribution is 7.15. The van der Waals surface area contributed by atoms with Crippen LogP contribution < -0.4 is 10.6 Å². The first-order chi connectivity index (χ1) is 9.83. The van der Waals surface area contributed by atoms with Gasteiger partial charge in [0.1, 0.15) is 6.04 Å². The lowest BCUT2D eigenvalue weighted by atomic mass is 10.1. The van der Waals surface area contributed by atoms with Crippen molar-refractivity contribution in [1.82, 2.24) is 10.3 Å². The van der Waals surface area contributed by atoms with Gasteiger partial charge >= 0.3 is 18.0 Å². The Balaban J connectivity index is 2.60. The molecule has 0 saturated heterocycles. The van der Waals surface area contributed by atoms with Crippen LogP contribution in [-0.2, 0) is 16.0 Å². The highest BCUT2D eigenvalue weighted by atomic mass is 32.1. The minimum Gasteiger partial charge on any atom is -0.481 e. The summed E-state index contributed by atoms with van der Waals surface area (Å²) < 4.78 is 0. The van der Waals surface area contributed by atoms with E-state index in [9.17, 15) is 14.4 Å². The lowest BCUT2D eigenvalue weighted by Gasteiger charge is -2.13. The van der Waals surface area contributed by atoms with E-state index in [-0.39, 0.29) is 12.8 Å². The van der Waals surface area contributed by atoms with Gasteiger partial charge in [0.25, 0.3) is 0 Å². The van der Waals surface area contributed by atoms with Gasteiger partial charge in [-0.1, -0.05) is 6.92 Å². The van der Waals surface area contributed by atoms with Crippen molar-refractivity contribution in [2.45, 2.75) is 39.2 Å². The Bertz CT molecular complexity index is 543. The van der Waals surface area contributed by atoms with Crippen molar-refractivity contribution < 1.29 is 24.6 Å². The van der Waals surface area contributed by atoms with Crippen LogP contribution in [0.15, 0.2) is 0 Å². The second-order valence-corrected chi connectivity index (χ2v) is 5.50. The normalized spacial score (nSPS) is 11.7. The van der Waals surface area contributed by atoms with Crippen LogP contribution in [0.2, 0.25) is 0 Å². The van der Waals surface area contributed by atoms with E-state index in [1.807, 2.05) is 13.8 Å². The number of hydrogen-bond acceptors (Lipinski definition) is 5. The molecule has 0 radical (unpaired) electrons. The number of thiazole rings is 1. The third-order valence-corrected chi connectivity index (χ3v) is 3.63. The van der Waals surface area contributed by atoms with Crippen LogP contribution in [0.4, 0.5) is 9.93 Å². The Morgan fingerprint density at radius 1 is 1.33 bits per heavy atom. The van der Waals surface area contributed by atoms with Crippen LogP contribution in [0, 0.1) is 6.92 Å². The van der Waals surface area contributed by atoms with E-state index in [1.165, 1.54) is 11.3 Å². The maximum Gasteiger partial charge on any atom is 0.326 e. The molecule has 0 fully saturated rings. The van der Waals surface area contributed by atoms with Gasteiger partial charge in [0.15, 0.2) is 5.13 Å². The minimum absolute atomic E-state index is 0.185. The van der Waals surface area contributed by atoms with Crippen molar-refractivity contribution >= 4 is 34.4 Å². The number of aliphatic carboxylic acids is 2. The van der Waals surface area contributed by atoms with E-state index in [2.05, 4.69) is 15.6 Å². The number of carbonyl (C=O) groups is 3. The fourth-order valence-corrected chi connectivity index (χ4v) is 2.52. The number of rotatable bonds is 7. The van der Waals surface area contributed by atoms with Gasteiger partial charge in [-0.05, 0) is 19.8 Å². The van der Waals surface area contributed by atoms with Crippen LogP contribution in [0.1, 0.15) is 30.3 Å². The first kappa shape index (κ1) is 16.9. The van der Waals surface area contributed by atoms with Gasteiger partial charge in [-0.15, -0.1) is 11.3 Å². The van der Waals surface area contributed by atoms with Crippen LogP contribution >= 0.6 is 11.3 Å². The summed E-state index contributed by atoms with van der Waals surface area (Å²) in [7, 11) is 0. The molecule has 2 amide bonds.